The highest BCUT2D eigenvalue weighted by atomic mass is 15.0. The van der Waals surface area contributed by atoms with Gasteiger partial charge in [-0.2, -0.15) is 0 Å². The molecule has 2 heterocycles. The van der Waals surface area contributed by atoms with Gasteiger partial charge in [-0.05, 0) is 29.9 Å². The van der Waals surface area contributed by atoms with Gasteiger partial charge in [-0.15, -0.1) is 0 Å². The number of aromatic amines is 1. The fourth-order valence-electron chi connectivity index (χ4n) is 1.75. The first-order valence-electron chi connectivity index (χ1n) is 6.17. The van der Waals surface area contributed by atoms with Crippen LogP contribution in [0.3, 0.4) is 0 Å². The molecule has 0 fully saturated rings. The average molecular weight is 231 g/mol. The van der Waals surface area contributed by atoms with Gasteiger partial charge in [0.2, 0.25) is 0 Å². The lowest BCUT2D eigenvalue weighted by atomic mass is 9.80. The van der Waals surface area contributed by atoms with Gasteiger partial charge >= 0.3 is 0 Å². The number of rotatable bonds is 2. The first-order valence-corrected chi connectivity index (χ1v) is 6.17. The largest absolute Gasteiger partial charge is 0.341 e. The van der Waals surface area contributed by atoms with Crippen LogP contribution in [-0.4, -0.2) is 15.0 Å². The zero-order valence-corrected chi connectivity index (χ0v) is 11.3. The normalized spacial score (nSPS) is 14.2. The van der Waals surface area contributed by atoms with Gasteiger partial charge in [0.25, 0.3) is 0 Å². The molecule has 0 aliphatic carbocycles. The monoisotopic (exact) mass is 231 g/mol. The molecule has 0 saturated heterocycles. The number of aryl methyl sites for hydroxylation is 1. The zero-order chi connectivity index (χ0) is 12.6. The molecule has 0 saturated carbocycles. The van der Waals surface area contributed by atoms with E-state index in [4.69, 9.17) is 0 Å². The molecule has 1 atom stereocenters. The van der Waals surface area contributed by atoms with Crippen molar-refractivity contribution in [2.75, 3.05) is 0 Å². The summed E-state index contributed by atoms with van der Waals surface area (Å²) in [6.45, 7) is 11.1. The molecular weight excluding hydrogens is 210 g/mol. The number of pyridine rings is 1. The molecule has 92 valence electrons. The van der Waals surface area contributed by atoms with E-state index in [1.54, 1.807) is 0 Å². The fourth-order valence-corrected chi connectivity index (χ4v) is 1.75. The Morgan fingerprint density at radius 3 is 2.71 bits per heavy atom. The summed E-state index contributed by atoms with van der Waals surface area (Å²) in [7, 11) is 0. The Hall–Kier alpha value is -1.38. The van der Waals surface area contributed by atoms with Crippen LogP contribution in [0.5, 0.6) is 0 Å². The maximum Gasteiger partial charge on any atom is 0.177 e. The predicted octanol–water partition coefficient (Wildman–Crippen LogP) is 3.49. The lowest BCUT2D eigenvalue weighted by Crippen LogP contribution is -2.19. The highest BCUT2D eigenvalue weighted by Crippen LogP contribution is 2.28. The van der Waals surface area contributed by atoms with Gasteiger partial charge in [0.1, 0.15) is 5.82 Å². The average Bonchev–Trinajstić information content (AvgIpc) is 2.57. The molecule has 0 aliphatic heterocycles. The number of imidazole rings is 1. The first-order chi connectivity index (χ1) is 7.86. The summed E-state index contributed by atoms with van der Waals surface area (Å²) in [4.78, 5) is 12.2. The Balaban J connectivity index is 2.25. The molecule has 3 nitrogen and oxygen atoms in total. The maximum atomic E-state index is 4.54. The molecule has 3 heteroatoms. The zero-order valence-electron chi connectivity index (χ0n) is 11.3. The number of nitrogens with one attached hydrogen (secondary N) is 1. The Labute approximate surface area is 103 Å². The summed E-state index contributed by atoms with van der Waals surface area (Å²) in [5.74, 6) is 1.63. The van der Waals surface area contributed by atoms with E-state index in [1.807, 2.05) is 13.1 Å². The summed E-state index contributed by atoms with van der Waals surface area (Å²) < 4.78 is 0. The lowest BCUT2D eigenvalue weighted by molar-refractivity contribution is 0.257. The van der Waals surface area contributed by atoms with E-state index in [2.05, 4.69) is 48.7 Å². The molecule has 0 aromatic carbocycles. The van der Waals surface area contributed by atoms with Gasteiger partial charge in [0, 0.05) is 12.6 Å². The van der Waals surface area contributed by atoms with Crippen LogP contribution in [0.25, 0.3) is 11.2 Å². The molecule has 1 unspecified atom stereocenters. The molecule has 0 spiro atoms. The van der Waals surface area contributed by atoms with Crippen LogP contribution in [-0.2, 0) is 6.42 Å². The van der Waals surface area contributed by atoms with Crippen LogP contribution >= 0.6 is 0 Å². The van der Waals surface area contributed by atoms with Gasteiger partial charge in [-0.25, -0.2) is 9.97 Å². The third-order valence-electron chi connectivity index (χ3n) is 3.50. The van der Waals surface area contributed by atoms with Crippen molar-refractivity contribution in [1.29, 1.82) is 0 Å². The minimum atomic E-state index is 0.308. The van der Waals surface area contributed by atoms with E-state index >= 15 is 0 Å². The number of hydrogen-bond acceptors (Lipinski definition) is 2. The Bertz CT molecular complexity index is 520. The number of H-pyrrole nitrogens is 1. The molecule has 1 N–H and O–H groups in total. The van der Waals surface area contributed by atoms with E-state index in [9.17, 15) is 0 Å². The third kappa shape index (κ3) is 2.65. The van der Waals surface area contributed by atoms with E-state index in [-0.39, 0.29) is 0 Å². The highest BCUT2D eigenvalue weighted by molar-refractivity contribution is 5.70. The van der Waals surface area contributed by atoms with Crippen molar-refractivity contribution in [3.63, 3.8) is 0 Å². The molecule has 0 aliphatic rings. The lowest BCUT2D eigenvalue weighted by Gasteiger charge is -2.26. The number of nitrogens with zero attached hydrogens (tertiary/aromatic N) is 2. The predicted molar refractivity (Wildman–Crippen MR) is 70.9 cm³/mol. The third-order valence-corrected chi connectivity index (χ3v) is 3.50. The van der Waals surface area contributed by atoms with Crippen LogP contribution in [0.4, 0.5) is 0 Å². The fraction of sp³-hybridized carbons (Fsp3) is 0.571. The second-order valence-electron chi connectivity index (χ2n) is 6.04. The minimum absolute atomic E-state index is 0.308. The molecule has 17 heavy (non-hydrogen) atoms. The topological polar surface area (TPSA) is 41.6 Å². The van der Waals surface area contributed by atoms with Crippen LogP contribution in [0.2, 0.25) is 0 Å². The second kappa shape index (κ2) is 4.13. The summed E-state index contributed by atoms with van der Waals surface area (Å²) in [5, 5.41) is 0. The molecule has 0 amide bonds. The van der Waals surface area contributed by atoms with Gasteiger partial charge < -0.3 is 4.98 Å². The smallest absolute Gasteiger partial charge is 0.177 e. The van der Waals surface area contributed by atoms with Gasteiger partial charge in [-0.3, -0.25) is 0 Å². The van der Waals surface area contributed by atoms with Crippen molar-refractivity contribution in [1.82, 2.24) is 15.0 Å². The molecule has 0 radical (unpaired) electrons. The molecule has 0 bridgehead atoms. The Kier molecular flexibility index (Phi) is 2.94. The van der Waals surface area contributed by atoms with Gasteiger partial charge in [0.15, 0.2) is 5.65 Å². The standard InChI is InChI=1S/C14H21N3/c1-9-6-11-13(15-8-9)17-12(16-11)7-10(2)14(3,4)5/h6,8,10H,7H2,1-5H3,(H,15,16,17). The van der Waals surface area contributed by atoms with Gasteiger partial charge in [-0.1, -0.05) is 27.7 Å². The summed E-state index contributed by atoms with van der Waals surface area (Å²) >= 11 is 0. The van der Waals surface area contributed by atoms with Gasteiger partial charge in [0.05, 0.1) is 5.52 Å². The quantitative estimate of drug-likeness (QED) is 0.859. The van der Waals surface area contributed by atoms with E-state index in [0.717, 1.165) is 29.0 Å². The van der Waals surface area contributed by atoms with Crippen molar-refractivity contribution in [2.45, 2.75) is 41.0 Å². The van der Waals surface area contributed by atoms with Crippen molar-refractivity contribution in [2.24, 2.45) is 11.3 Å². The van der Waals surface area contributed by atoms with E-state index in [1.165, 1.54) is 0 Å². The maximum absolute atomic E-state index is 4.54. The van der Waals surface area contributed by atoms with Crippen LogP contribution < -0.4 is 0 Å². The number of aromatic nitrogens is 3. The van der Waals surface area contributed by atoms with Crippen molar-refractivity contribution < 1.29 is 0 Å². The van der Waals surface area contributed by atoms with Crippen molar-refractivity contribution in [3.05, 3.63) is 23.7 Å². The summed E-state index contributed by atoms with van der Waals surface area (Å²) in [5.41, 5.74) is 3.34. The second-order valence-corrected chi connectivity index (χ2v) is 6.04. The SMILES string of the molecule is Cc1cnc2nc(CC(C)C(C)(C)C)[nH]c2c1. The molecule has 2 rings (SSSR count). The van der Waals surface area contributed by atoms with Crippen molar-refractivity contribution >= 4 is 11.2 Å². The Morgan fingerprint density at radius 2 is 2.06 bits per heavy atom. The van der Waals surface area contributed by atoms with Crippen LogP contribution in [0.15, 0.2) is 12.3 Å². The van der Waals surface area contributed by atoms with E-state index < -0.39 is 0 Å². The number of hydrogen-bond donors (Lipinski definition) is 1. The van der Waals surface area contributed by atoms with E-state index in [0.29, 0.717) is 11.3 Å². The van der Waals surface area contributed by atoms with Crippen molar-refractivity contribution in [3.8, 4) is 0 Å². The Morgan fingerprint density at radius 1 is 1.35 bits per heavy atom. The van der Waals surface area contributed by atoms with Crippen LogP contribution in [0, 0.1) is 18.3 Å². The number of fused-ring (bicyclic) bond motifs is 1. The molecule has 2 aromatic rings. The highest BCUT2D eigenvalue weighted by Gasteiger charge is 2.21. The first kappa shape index (κ1) is 12.1. The van der Waals surface area contributed by atoms with Crippen LogP contribution in [0.1, 0.15) is 39.1 Å². The summed E-state index contributed by atoms with van der Waals surface area (Å²) in [6.07, 6.45) is 2.83. The molecule has 2 aromatic heterocycles. The molecular formula is C14H21N3. The summed E-state index contributed by atoms with van der Waals surface area (Å²) in [6, 6.07) is 2.10. The minimum Gasteiger partial charge on any atom is -0.341 e.